The van der Waals surface area contributed by atoms with E-state index in [1.165, 1.54) is 5.56 Å². The number of benzene rings is 1. The minimum Gasteiger partial charge on any atom is -0.368 e. The van der Waals surface area contributed by atoms with E-state index < -0.39 is 0 Å². The van der Waals surface area contributed by atoms with Crippen molar-refractivity contribution in [3.05, 3.63) is 29.8 Å². The zero-order valence-electron chi connectivity index (χ0n) is 12.3. The van der Waals surface area contributed by atoms with Crippen molar-refractivity contribution in [3.8, 4) is 0 Å². The average Bonchev–Trinajstić information content (AvgIpc) is 2.48. The molecule has 0 aliphatic carbocycles. The molecule has 0 spiro atoms. The van der Waals surface area contributed by atoms with E-state index in [2.05, 4.69) is 30.5 Å². The van der Waals surface area contributed by atoms with Crippen LogP contribution in [0.4, 0.5) is 5.69 Å². The van der Waals surface area contributed by atoms with E-state index in [9.17, 15) is 4.79 Å². The fourth-order valence-electron chi connectivity index (χ4n) is 2.48. The largest absolute Gasteiger partial charge is 0.368 e. The molecule has 0 saturated carbocycles. The lowest BCUT2D eigenvalue weighted by molar-refractivity contribution is -0.129. The summed E-state index contributed by atoms with van der Waals surface area (Å²) >= 11 is 0. The lowest BCUT2D eigenvalue weighted by atomic mass is 10.1. The summed E-state index contributed by atoms with van der Waals surface area (Å²) in [7, 11) is 0. The Morgan fingerprint density at radius 3 is 3.00 bits per heavy atom. The van der Waals surface area contributed by atoms with Gasteiger partial charge in [0.05, 0.1) is 0 Å². The van der Waals surface area contributed by atoms with Crippen molar-refractivity contribution in [1.82, 2.24) is 5.32 Å². The highest BCUT2D eigenvalue weighted by atomic mass is 16.5. The number of ether oxygens (including phenoxy) is 1. The first-order chi connectivity index (χ1) is 9.70. The van der Waals surface area contributed by atoms with E-state index in [0.717, 1.165) is 31.5 Å². The van der Waals surface area contributed by atoms with Crippen LogP contribution in [-0.4, -0.2) is 25.2 Å². The van der Waals surface area contributed by atoms with Crippen LogP contribution in [0.15, 0.2) is 24.3 Å². The Labute approximate surface area is 120 Å². The monoisotopic (exact) mass is 276 g/mol. The van der Waals surface area contributed by atoms with Crippen molar-refractivity contribution in [2.75, 3.05) is 18.5 Å². The highest BCUT2D eigenvalue weighted by molar-refractivity contribution is 5.94. The Morgan fingerprint density at radius 1 is 1.45 bits per heavy atom. The minimum atomic E-state index is -0.293. The number of rotatable bonds is 5. The fourth-order valence-corrected chi connectivity index (χ4v) is 2.48. The van der Waals surface area contributed by atoms with E-state index in [-0.39, 0.29) is 18.1 Å². The van der Waals surface area contributed by atoms with Crippen molar-refractivity contribution >= 4 is 11.6 Å². The maximum absolute atomic E-state index is 12.1. The van der Waals surface area contributed by atoms with Gasteiger partial charge >= 0.3 is 0 Å². The lowest BCUT2D eigenvalue weighted by Gasteiger charge is -2.22. The molecular weight excluding hydrogens is 252 g/mol. The maximum atomic E-state index is 12.1. The summed E-state index contributed by atoms with van der Waals surface area (Å²) in [4.78, 5) is 12.1. The Balaban J connectivity index is 1.98. The van der Waals surface area contributed by atoms with Crippen LogP contribution in [-0.2, 0) is 9.53 Å². The third kappa shape index (κ3) is 4.05. The molecule has 20 heavy (non-hydrogen) atoms. The van der Waals surface area contributed by atoms with Gasteiger partial charge in [0.2, 0.25) is 0 Å². The molecular formula is C16H24N2O2. The third-order valence-corrected chi connectivity index (χ3v) is 3.64. The smallest absolute Gasteiger partial charge is 0.253 e. The first-order valence-electron chi connectivity index (χ1n) is 7.46. The van der Waals surface area contributed by atoms with Crippen molar-refractivity contribution in [3.63, 3.8) is 0 Å². The molecule has 2 atom stereocenters. The topological polar surface area (TPSA) is 50.4 Å². The van der Waals surface area contributed by atoms with Crippen LogP contribution in [0.25, 0.3) is 0 Å². The number of amides is 1. The molecule has 4 nitrogen and oxygen atoms in total. The normalized spacial score (nSPS) is 20.4. The van der Waals surface area contributed by atoms with Crippen molar-refractivity contribution in [1.29, 1.82) is 0 Å². The molecule has 1 aromatic rings. The van der Waals surface area contributed by atoms with Crippen molar-refractivity contribution in [2.24, 2.45) is 0 Å². The quantitative estimate of drug-likeness (QED) is 0.869. The zero-order valence-corrected chi connectivity index (χ0v) is 12.3. The van der Waals surface area contributed by atoms with Gasteiger partial charge in [-0.1, -0.05) is 19.1 Å². The van der Waals surface area contributed by atoms with Crippen LogP contribution in [0.1, 0.15) is 44.7 Å². The summed E-state index contributed by atoms with van der Waals surface area (Å²) in [6.07, 6.45) is 2.65. The molecule has 1 amide bonds. The molecule has 2 N–H and O–H groups in total. The highest BCUT2D eigenvalue weighted by Crippen LogP contribution is 2.19. The second kappa shape index (κ2) is 7.41. The number of anilines is 1. The highest BCUT2D eigenvalue weighted by Gasteiger charge is 2.21. The number of nitrogens with one attached hydrogen (secondary N) is 2. The van der Waals surface area contributed by atoms with E-state index in [1.54, 1.807) is 0 Å². The molecule has 110 valence electrons. The Bertz CT molecular complexity index is 442. The van der Waals surface area contributed by atoms with Gasteiger partial charge in [-0.25, -0.2) is 0 Å². The van der Waals surface area contributed by atoms with Crippen LogP contribution < -0.4 is 10.6 Å². The van der Waals surface area contributed by atoms with Gasteiger partial charge in [-0.15, -0.1) is 0 Å². The molecule has 0 bridgehead atoms. The molecule has 4 heteroatoms. The molecule has 1 aromatic carbocycles. The molecule has 1 heterocycles. The standard InChI is InChI=1S/C16H24N2O2/c1-3-17-12(2)13-7-6-8-14(11-13)18-16(19)15-9-4-5-10-20-15/h6-8,11-12,15,17H,3-5,9-10H2,1-2H3,(H,18,19). The van der Waals surface area contributed by atoms with E-state index in [1.807, 2.05) is 18.2 Å². The second-order valence-corrected chi connectivity index (χ2v) is 5.25. The lowest BCUT2D eigenvalue weighted by Crippen LogP contribution is -2.33. The summed E-state index contributed by atoms with van der Waals surface area (Å²) in [6, 6.07) is 8.26. The summed E-state index contributed by atoms with van der Waals surface area (Å²) in [5.74, 6) is -0.0297. The van der Waals surface area contributed by atoms with Crippen LogP contribution in [0.5, 0.6) is 0 Å². The maximum Gasteiger partial charge on any atom is 0.253 e. The van der Waals surface area contributed by atoms with Gasteiger partial charge in [0.1, 0.15) is 6.10 Å². The molecule has 1 saturated heterocycles. The van der Waals surface area contributed by atoms with Gasteiger partial charge in [-0.3, -0.25) is 4.79 Å². The van der Waals surface area contributed by atoms with Crippen LogP contribution >= 0.6 is 0 Å². The summed E-state index contributed by atoms with van der Waals surface area (Å²) in [6.45, 7) is 5.82. The Morgan fingerprint density at radius 2 is 2.30 bits per heavy atom. The third-order valence-electron chi connectivity index (χ3n) is 3.64. The Kier molecular flexibility index (Phi) is 5.56. The van der Waals surface area contributed by atoms with Gasteiger partial charge in [0.15, 0.2) is 0 Å². The van der Waals surface area contributed by atoms with Crippen LogP contribution in [0.3, 0.4) is 0 Å². The second-order valence-electron chi connectivity index (χ2n) is 5.25. The molecule has 0 radical (unpaired) electrons. The van der Waals surface area contributed by atoms with E-state index in [0.29, 0.717) is 6.61 Å². The Hall–Kier alpha value is -1.39. The van der Waals surface area contributed by atoms with E-state index >= 15 is 0 Å². The van der Waals surface area contributed by atoms with Crippen molar-refractivity contribution < 1.29 is 9.53 Å². The van der Waals surface area contributed by atoms with Gasteiger partial charge in [-0.2, -0.15) is 0 Å². The SMILES string of the molecule is CCNC(C)c1cccc(NC(=O)C2CCCCO2)c1. The molecule has 2 rings (SSSR count). The first kappa shape index (κ1) is 15.0. The summed E-state index contributed by atoms with van der Waals surface area (Å²) in [5.41, 5.74) is 2.01. The summed E-state index contributed by atoms with van der Waals surface area (Å²) in [5, 5.41) is 6.33. The zero-order chi connectivity index (χ0) is 14.4. The molecule has 0 aromatic heterocycles. The van der Waals surface area contributed by atoms with Crippen molar-refractivity contribution in [2.45, 2.75) is 45.3 Å². The molecule has 1 fully saturated rings. The number of carbonyl (C=O) groups is 1. The van der Waals surface area contributed by atoms with Gasteiger partial charge in [-0.05, 0) is 50.4 Å². The number of hydrogen-bond donors (Lipinski definition) is 2. The van der Waals surface area contributed by atoms with Gasteiger partial charge < -0.3 is 15.4 Å². The molecule has 2 unspecified atom stereocenters. The number of hydrogen-bond acceptors (Lipinski definition) is 3. The predicted octanol–water partition coefficient (Wildman–Crippen LogP) is 2.86. The number of carbonyl (C=O) groups excluding carboxylic acids is 1. The fraction of sp³-hybridized carbons (Fsp3) is 0.562. The average molecular weight is 276 g/mol. The summed E-state index contributed by atoms with van der Waals surface area (Å²) < 4.78 is 5.50. The van der Waals surface area contributed by atoms with Gasteiger partial charge in [0, 0.05) is 18.3 Å². The first-order valence-corrected chi connectivity index (χ1v) is 7.46. The molecule has 1 aliphatic heterocycles. The predicted molar refractivity (Wildman–Crippen MR) is 80.8 cm³/mol. The van der Waals surface area contributed by atoms with Crippen LogP contribution in [0.2, 0.25) is 0 Å². The van der Waals surface area contributed by atoms with Crippen LogP contribution in [0, 0.1) is 0 Å². The minimum absolute atomic E-state index is 0.0297. The van der Waals surface area contributed by atoms with E-state index in [4.69, 9.17) is 4.74 Å². The molecule has 1 aliphatic rings. The van der Waals surface area contributed by atoms with Gasteiger partial charge in [0.25, 0.3) is 5.91 Å².